The second kappa shape index (κ2) is 5.35. The Bertz CT molecular complexity index is 297. The molecule has 1 N–H and O–H groups in total. The number of hydrogen-bond donors (Lipinski definition) is 1. The maximum absolute atomic E-state index is 11.7. The number of morpholine rings is 1. The predicted molar refractivity (Wildman–Crippen MR) is 59.8 cm³/mol. The van der Waals surface area contributed by atoms with Gasteiger partial charge in [0.25, 0.3) is 0 Å². The number of carbonyl (C=O) groups excluding carboxylic acids is 1. The lowest BCUT2D eigenvalue weighted by Gasteiger charge is -2.33. The minimum absolute atomic E-state index is 0.0979. The fourth-order valence-corrected chi connectivity index (χ4v) is 1.53. The molecule has 1 atom stereocenters. The molecular formula is C11H19NO5. The Labute approximate surface area is 100 Å². The number of aliphatic carboxylic acids is 1. The Balaban J connectivity index is 2.49. The number of carboxylic acids is 1. The molecule has 0 aromatic carbocycles. The van der Waals surface area contributed by atoms with Crippen molar-refractivity contribution in [2.45, 2.75) is 38.9 Å². The minimum atomic E-state index is -0.930. The van der Waals surface area contributed by atoms with Crippen molar-refractivity contribution >= 4 is 12.1 Å². The Morgan fingerprint density at radius 3 is 2.65 bits per heavy atom. The van der Waals surface area contributed by atoms with Crippen LogP contribution in [-0.2, 0) is 14.3 Å². The summed E-state index contributed by atoms with van der Waals surface area (Å²) in [5.41, 5.74) is -0.544. The van der Waals surface area contributed by atoms with Gasteiger partial charge in [0.05, 0.1) is 25.7 Å². The highest BCUT2D eigenvalue weighted by Gasteiger charge is 2.29. The lowest BCUT2D eigenvalue weighted by atomic mass is 10.2. The molecule has 1 unspecified atom stereocenters. The van der Waals surface area contributed by atoms with Crippen molar-refractivity contribution in [1.29, 1.82) is 0 Å². The summed E-state index contributed by atoms with van der Waals surface area (Å²) in [5.74, 6) is -0.930. The van der Waals surface area contributed by atoms with Crippen LogP contribution in [0.25, 0.3) is 0 Å². The molecule has 0 aromatic rings. The highest BCUT2D eigenvalue weighted by Crippen LogP contribution is 2.14. The third-order valence-electron chi connectivity index (χ3n) is 2.19. The van der Waals surface area contributed by atoms with Gasteiger partial charge in [0.1, 0.15) is 5.60 Å². The molecule has 1 aliphatic heterocycles. The smallest absolute Gasteiger partial charge is 0.410 e. The molecule has 0 saturated carbocycles. The second-order valence-electron chi connectivity index (χ2n) is 5.02. The molecule has 0 radical (unpaired) electrons. The topological polar surface area (TPSA) is 76.1 Å². The average Bonchev–Trinajstić information content (AvgIpc) is 2.14. The summed E-state index contributed by atoms with van der Waals surface area (Å²) in [5, 5.41) is 8.66. The average molecular weight is 245 g/mol. The van der Waals surface area contributed by atoms with Crippen molar-refractivity contribution in [3.05, 3.63) is 0 Å². The van der Waals surface area contributed by atoms with Crippen molar-refractivity contribution in [2.75, 3.05) is 19.7 Å². The van der Waals surface area contributed by atoms with Crippen LogP contribution in [0, 0.1) is 0 Å². The van der Waals surface area contributed by atoms with Gasteiger partial charge in [-0.05, 0) is 20.8 Å². The van der Waals surface area contributed by atoms with Gasteiger partial charge in [0.15, 0.2) is 0 Å². The van der Waals surface area contributed by atoms with Gasteiger partial charge in [0.2, 0.25) is 0 Å². The second-order valence-corrected chi connectivity index (χ2v) is 5.02. The maximum Gasteiger partial charge on any atom is 0.410 e. The van der Waals surface area contributed by atoms with Crippen LogP contribution < -0.4 is 0 Å². The van der Waals surface area contributed by atoms with E-state index in [0.717, 1.165) is 0 Å². The Morgan fingerprint density at radius 2 is 2.12 bits per heavy atom. The van der Waals surface area contributed by atoms with E-state index in [1.54, 1.807) is 20.8 Å². The van der Waals surface area contributed by atoms with E-state index in [1.165, 1.54) is 4.90 Å². The maximum atomic E-state index is 11.7. The summed E-state index contributed by atoms with van der Waals surface area (Å²) in [4.78, 5) is 23.8. The number of ether oxygens (including phenoxy) is 2. The lowest BCUT2D eigenvalue weighted by molar-refractivity contribution is -0.142. The molecule has 1 heterocycles. The van der Waals surface area contributed by atoms with Crippen LogP contribution in [0.1, 0.15) is 27.2 Å². The summed E-state index contributed by atoms with van der Waals surface area (Å²) in [6.45, 7) is 6.42. The van der Waals surface area contributed by atoms with Crippen LogP contribution in [0.4, 0.5) is 4.79 Å². The van der Waals surface area contributed by atoms with E-state index in [1.807, 2.05) is 0 Å². The molecule has 98 valence electrons. The van der Waals surface area contributed by atoms with Crippen molar-refractivity contribution < 1.29 is 24.2 Å². The Morgan fingerprint density at radius 1 is 1.47 bits per heavy atom. The van der Waals surface area contributed by atoms with Gasteiger partial charge < -0.3 is 19.5 Å². The normalized spacial score (nSPS) is 21.1. The first-order valence-corrected chi connectivity index (χ1v) is 5.59. The van der Waals surface area contributed by atoms with Gasteiger partial charge in [-0.15, -0.1) is 0 Å². The van der Waals surface area contributed by atoms with Crippen LogP contribution in [0.2, 0.25) is 0 Å². The van der Waals surface area contributed by atoms with E-state index in [4.69, 9.17) is 14.6 Å². The first kappa shape index (κ1) is 13.8. The quantitative estimate of drug-likeness (QED) is 0.788. The summed E-state index contributed by atoms with van der Waals surface area (Å²) in [6, 6.07) is 0. The number of amides is 1. The van der Waals surface area contributed by atoms with Crippen molar-refractivity contribution in [3.63, 3.8) is 0 Å². The molecule has 6 nitrogen and oxygen atoms in total. The summed E-state index contributed by atoms with van der Waals surface area (Å²) in [6.07, 6.45) is -0.968. The van der Waals surface area contributed by atoms with Crippen LogP contribution in [-0.4, -0.2) is 53.5 Å². The van der Waals surface area contributed by atoms with Crippen LogP contribution in [0.15, 0.2) is 0 Å². The molecular weight excluding hydrogens is 226 g/mol. The largest absolute Gasteiger partial charge is 0.481 e. The van der Waals surface area contributed by atoms with E-state index in [0.29, 0.717) is 13.2 Å². The first-order chi connectivity index (χ1) is 7.78. The van der Waals surface area contributed by atoms with E-state index in [2.05, 4.69) is 0 Å². The summed E-state index contributed by atoms with van der Waals surface area (Å²) in [7, 11) is 0. The first-order valence-electron chi connectivity index (χ1n) is 5.59. The zero-order valence-corrected chi connectivity index (χ0v) is 10.4. The third-order valence-corrected chi connectivity index (χ3v) is 2.19. The fourth-order valence-electron chi connectivity index (χ4n) is 1.53. The molecule has 0 spiro atoms. The molecule has 0 aliphatic carbocycles. The minimum Gasteiger partial charge on any atom is -0.481 e. The monoisotopic (exact) mass is 245 g/mol. The predicted octanol–water partition coefficient (Wildman–Crippen LogP) is 1.10. The van der Waals surface area contributed by atoms with Crippen molar-refractivity contribution in [2.24, 2.45) is 0 Å². The van der Waals surface area contributed by atoms with Gasteiger partial charge in [-0.3, -0.25) is 4.79 Å². The molecule has 0 bridgehead atoms. The molecule has 1 aliphatic rings. The SMILES string of the molecule is CC(C)(C)OC(=O)N1CCOC(CC(=O)O)C1. The standard InChI is InChI=1S/C11H19NO5/c1-11(2,3)17-10(15)12-4-5-16-8(7-12)6-9(13)14/h8H,4-7H2,1-3H3,(H,13,14). The molecule has 0 aromatic heterocycles. The van der Waals surface area contributed by atoms with Crippen LogP contribution in [0.3, 0.4) is 0 Å². The Hall–Kier alpha value is -1.30. The zero-order chi connectivity index (χ0) is 13.1. The van der Waals surface area contributed by atoms with Gasteiger partial charge in [-0.1, -0.05) is 0 Å². The molecule has 1 amide bonds. The molecule has 1 saturated heterocycles. The highest BCUT2D eigenvalue weighted by atomic mass is 16.6. The number of carbonyl (C=O) groups is 2. The summed E-state index contributed by atoms with van der Waals surface area (Å²) < 4.78 is 10.5. The highest BCUT2D eigenvalue weighted by molar-refractivity contribution is 5.69. The van der Waals surface area contributed by atoms with Gasteiger partial charge in [0, 0.05) is 6.54 Å². The van der Waals surface area contributed by atoms with E-state index in [-0.39, 0.29) is 13.0 Å². The summed E-state index contributed by atoms with van der Waals surface area (Å²) >= 11 is 0. The van der Waals surface area contributed by atoms with E-state index in [9.17, 15) is 9.59 Å². The molecule has 17 heavy (non-hydrogen) atoms. The molecule has 1 rings (SSSR count). The van der Waals surface area contributed by atoms with Crippen LogP contribution >= 0.6 is 0 Å². The Kier molecular flexibility index (Phi) is 4.34. The van der Waals surface area contributed by atoms with Crippen molar-refractivity contribution in [1.82, 2.24) is 4.90 Å². The number of nitrogens with zero attached hydrogens (tertiary/aromatic N) is 1. The van der Waals surface area contributed by atoms with Crippen molar-refractivity contribution in [3.8, 4) is 0 Å². The van der Waals surface area contributed by atoms with Gasteiger partial charge in [-0.2, -0.15) is 0 Å². The van der Waals surface area contributed by atoms with E-state index >= 15 is 0 Å². The van der Waals surface area contributed by atoms with Crippen LogP contribution in [0.5, 0.6) is 0 Å². The van der Waals surface area contributed by atoms with Gasteiger partial charge >= 0.3 is 12.1 Å². The molecule has 1 fully saturated rings. The number of rotatable bonds is 2. The third kappa shape index (κ3) is 5.04. The lowest BCUT2D eigenvalue weighted by Crippen LogP contribution is -2.48. The fraction of sp³-hybridized carbons (Fsp3) is 0.818. The zero-order valence-electron chi connectivity index (χ0n) is 10.4. The number of carboxylic acid groups (broad SMARTS) is 1. The number of hydrogen-bond acceptors (Lipinski definition) is 4. The van der Waals surface area contributed by atoms with Gasteiger partial charge in [-0.25, -0.2) is 4.79 Å². The van der Waals surface area contributed by atoms with E-state index < -0.39 is 23.8 Å². The molecule has 6 heteroatoms.